The predicted octanol–water partition coefficient (Wildman–Crippen LogP) is 2.02. The molecule has 0 N–H and O–H groups in total. The van der Waals surface area contributed by atoms with Crippen molar-refractivity contribution in [2.45, 2.75) is 19.9 Å². The van der Waals surface area contributed by atoms with Crippen LogP contribution in [0.25, 0.3) is 0 Å². The first kappa shape index (κ1) is 10.4. The Morgan fingerprint density at radius 2 is 1.92 bits per heavy atom. The highest BCUT2D eigenvalue weighted by molar-refractivity contribution is 8.32. The van der Waals surface area contributed by atoms with Gasteiger partial charge in [0.2, 0.25) is 0 Å². The first-order chi connectivity index (χ1) is 5.42. The van der Waals surface area contributed by atoms with E-state index in [-0.39, 0.29) is 10.0 Å². The molecule has 0 radical (unpaired) electrons. The first-order valence-corrected chi connectivity index (χ1v) is 7.60. The molecule has 0 aromatic carbocycles. The lowest BCUT2D eigenvalue weighted by atomic mass is 10.1. The van der Waals surface area contributed by atoms with E-state index in [0.717, 1.165) is 12.0 Å². The van der Waals surface area contributed by atoms with Crippen LogP contribution in [0, 0.1) is 5.92 Å². The van der Waals surface area contributed by atoms with Crippen molar-refractivity contribution >= 4 is 10.0 Å². The van der Waals surface area contributed by atoms with E-state index in [4.69, 9.17) is 0 Å². The molecule has 12 heavy (non-hydrogen) atoms. The zero-order chi connectivity index (χ0) is 9.35. The van der Waals surface area contributed by atoms with E-state index in [2.05, 4.69) is 38.3 Å². The maximum absolute atomic E-state index is 2.54. The maximum Gasteiger partial charge on any atom is 0.0191 e. The summed E-state index contributed by atoms with van der Waals surface area (Å²) in [6.45, 7) is 6.01. The Kier molecular flexibility index (Phi) is 3.11. The largest absolute Gasteiger partial charge is 0.302 e. The third-order valence-corrected chi connectivity index (χ3v) is 5.49. The molecular weight excluding hydrogens is 166 g/mol. The summed E-state index contributed by atoms with van der Waals surface area (Å²) in [5, 5.41) is 0. The van der Waals surface area contributed by atoms with E-state index in [1.54, 1.807) is 0 Å². The minimum atomic E-state index is -0.252. The maximum atomic E-state index is 2.54. The zero-order valence-corrected chi connectivity index (χ0v) is 9.95. The summed E-state index contributed by atoms with van der Waals surface area (Å²) in [6.07, 6.45) is 4.96. The van der Waals surface area contributed by atoms with Crippen molar-refractivity contribution in [1.29, 1.82) is 0 Å². The molecule has 1 aliphatic rings. The summed E-state index contributed by atoms with van der Waals surface area (Å²) in [7, 11) is 2.03. The van der Waals surface area contributed by atoms with Crippen LogP contribution in [0.2, 0.25) is 0 Å². The Balaban J connectivity index is 2.59. The molecule has 0 aromatic rings. The molecule has 0 aromatic heterocycles. The van der Waals surface area contributed by atoms with Crippen molar-refractivity contribution in [3.05, 3.63) is 0 Å². The van der Waals surface area contributed by atoms with E-state index in [9.17, 15) is 0 Å². The predicted molar refractivity (Wildman–Crippen MR) is 60.4 cm³/mol. The normalized spacial score (nSPS) is 33.7. The summed E-state index contributed by atoms with van der Waals surface area (Å²) < 4.78 is 0. The molecular formula is C10H23NS. The van der Waals surface area contributed by atoms with Crippen molar-refractivity contribution < 1.29 is 0 Å². The van der Waals surface area contributed by atoms with Gasteiger partial charge in [0, 0.05) is 12.6 Å². The molecule has 0 amide bonds. The Morgan fingerprint density at radius 1 is 1.33 bits per heavy atom. The van der Waals surface area contributed by atoms with Crippen molar-refractivity contribution in [2.24, 2.45) is 5.92 Å². The number of nitrogens with zero attached hydrogens (tertiary/aromatic N) is 1. The lowest BCUT2D eigenvalue weighted by molar-refractivity contribution is 0.216. The van der Waals surface area contributed by atoms with E-state index in [0.29, 0.717) is 0 Å². The molecule has 74 valence electrons. The zero-order valence-electron chi connectivity index (χ0n) is 9.13. The van der Waals surface area contributed by atoms with Gasteiger partial charge >= 0.3 is 0 Å². The molecule has 2 heteroatoms. The highest BCUT2D eigenvalue weighted by Gasteiger charge is 2.29. The van der Waals surface area contributed by atoms with Crippen molar-refractivity contribution in [3.63, 3.8) is 0 Å². The Bertz CT molecular complexity index is 154. The van der Waals surface area contributed by atoms with Crippen LogP contribution in [0.15, 0.2) is 0 Å². The lowest BCUT2D eigenvalue weighted by Crippen LogP contribution is -2.46. The smallest absolute Gasteiger partial charge is 0.0191 e. The summed E-state index contributed by atoms with van der Waals surface area (Å²) in [6, 6.07) is 0.837. The van der Waals surface area contributed by atoms with E-state index in [1.165, 1.54) is 18.1 Å². The fraction of sp³-hybridized carbons (Fsp3) is 1.00. The summed E-state index contributed by atoms with van der Waals surface area (Å²) >= 11 is 0. The minimum Gasteiger partial charge on any atom is -0.302 e. The lowest BCUT2D eigenvalue weighted by Gasteiger charge is -2.46. The van der Waals surface area contributed by atoms with E-state index in [1.807, 2.05) is 0 Å². The second-order valence-corrected chi connectivity index (χ2v) is 9.21. The quantitative estimate of drug-likeness (QED) is 0.610. The van der Waals surface area contributed by atoms with E-state index < -0.39 is 0 Å². The molecule has 0 saturated carbocycles. The van der Waals surface area contributed by atoms with Gasteiger partial charge in [0.1, 0.15) is 0 Å². The molecule has 0 aliphatic carbocycles. The molecule has 1 nitrogen and oxygen atoms in total. The standard InChI is InChI=1S/C10H23NS/c1-9(2)10-8-12(4,5)7-6-11(10)3/h9-10H,6-8H2,1-5H3. The van der Waals surface area contributed by atoms with Crippen LogP contribution < -0.4 is 0 Å². The number of hydrogen-bond donors (Lipinski definition) is 0. The van der Waals surface area contributed by atoms with Gasteiger partial charge in [-0.2, -0.15) is 0 Å². The molecule has 1 unspecified atom stereocenters. The van der Waals surface area contributed by atoms with Gasteiger partial charge in [0.05, 0.1) is 0 Å². The molecule has 1 aliphatic heterocycles. The summed E-state index contributed by atoms with van der Waals surface area (Å²) in [5.41, 5.74) is 0. The Labute approximate surface area is 78.8 Å². The molecule has 1 atom stereocenters. The van der Waals surface area contributed by atoms with Gasteiger partial charge in [0.15, 0.2) is 0 Å². The molecule has 1 rings (SSSR count). The van der Waals surface area contributed by atoms with Crippen molar-refractivity contribution in [2.75, 3.05) is 37.6 Å². The van der Waals surface area contributed by atoms with Gasteiger partial charge in [-0.25, -0.2) is 10.0 Å². The third-order valence-electron chi connectivity index (χ3n) is 2.95. The molecule has 1 fully saturated rings. The summed E-state index contributed by atoms with van der Waals surface area (Å²) in [4.78, 5) is 2.54. The van der Waals surface area contributed by atoms with Crippen LogP contribution in [0.5, 0.6) is 0 Å². The van der Waals surface area contributed by atoms with Crippen LogP contribution >= 0.6 is 10.0 Å². The van der Waals surface area contributed by atoms with Gasteiger partial charge in [-0.05, 0) is 37.0 Å². The Morgan fingerprint density at radius 3 is 2.33 bits per heavy atom. The van der Waals surface area contributed by atoms with Crippen LogP contribution in [0.3, 0.4) is 0 Å². The fourth-order valence-corrected chi connectivity index (χ4v) is 4.44. The van der Waals surface area contributed by atoms with Crippen molar-refractivity contribution in [1.82, 2.24) is 4.90 Å². The van der Waals surface area contributed by atoms with Gasteiger partial charge < -0.3 is 4.90 Å². The number of rotatable bonds is 1. The number of hydrogen-bond acceptors (Lipinski definition) is 1. The highest BCUT2D eigenvalue weighted by Crippen LogP contribution is 2.44. The van der Waals surface area contributed by atoms with Gasteiger partial charge in [-0.3, -0.25) is 0 Å². The highest BCUT2D eigenvalue weighted by atomic mass is 32.3. The average molecular weight is 189 g/mol. The van der Waals surface area contributed by atoms with Gasteiger partial charge in [-0.1, -0.05) is 13.8 Å². The third kappa shape index (κ3) is 2.40. The van der Waals surface area contributed by atoms with Crippen LogP contribution in [0.1, 0.15) is 13.8 Å². The molecule has 0 spiro atoms. The Hall–Kier alpha value is 0.310. The summed E-state index contributed by atoms with van der Waals surface area (Å²) in [5.74, 6) is 3.70. The molecule has 1 saturated heterocycles. The van der Waals surface area contributed by atoms with Gasteiger partial charge in [-0.15, -0.1) is 0 Å². The first-order valence-electron chi connectivity index (χ1n) is 4.81. The second-order valence-electron chi connectivity index (χ2n) is 4.93. The van der Waals surface area contributed by atoms with Crippen LogP contribution in [-0.4, -0.2) is 48.6 Å². The molecule has 1 heterocycles. The minimum absolute atomic E-state index is 0.252. The van der Waals surface area contributed by atoms with Crippen LogP contribution in [-0.2, 0) is 0 Å². The monoisotopic (exact) mass is 189 g/mol. The van der Waals surface area contributed by atoms with Crippen molar-refractivity contribution in [3.8, 4) is 0 Å². The average Bonchev–Trinajstić information content (AvgIpc) is 1.94. The van der Waals surface area contributed by atoms with Crippen LogP contribution in [0.4, 0.5) is 0 Å². The van der Waals surface area contributed by atoms with Gasteiger partial charge in [0.25, 0.3) is 0 Å². The second kappa shape index (κ2) is 3.59. The topological polar surface area (TPSA) is 3.24 Å². The SMILES string of the molecule is CC(C)C1CS(C)(C)CCN1C. The van der Waals surface area contributed by atoms with E-state index >= 15 is 0 Å². The molecule has 0 bridgehead atoms. The fourth-order valence-electron chi connectivity index (χ4n) is 1.93.